The summed E-state index contributed by atoms with van der Waals surface area (Å²) >= 11 is 6.16. The number of para-hydroxylation sites is 1. The molecule has 4 heterocycles. The van der Waals surface area contributed by atoms with Gasteiger partial charge in [0.2, 0.25) is 0 Å². The number of nitrogens with one attached hydrogen (secondary N) is 2. The van der Waals surface area contributed by atoms with Gasteiger partial charge in [-0.05, 0) is 12.1 Å². The number of halogens is 2. The van der Waals surface area contributed by atoms with Crippen LogP contribution in [0.4, 0.5) is 10.2 Å². The van der Waals surface area contributed by atoms with Gasteiger partial charge in [-0.15, -0.1) is 0 Å². The number of benzene rings is 1. The largest absolute Gasteiger partial charge is 0.369 e. The predicted octanol–water partition coefficient (Wildman–Crippen LogP) is 3.20. The Balaban J connectivity index is 1.52. The zero-order chi connectivity index (χ0) is 20.7. The van der Waals surface area contributed by atoms with Crippen molar-refractivity contribution in [2.24, 2.45) is 0 Å². The first kappa shape index (κ1) is 18.3. The maximum atomic E-state index is 14.1. The normalized spacial score (nSPS) is 11.4. The number of fused-ring (bicyclic) bond motifs is 2. The van der Waals surface area contributed by atoms with Gasteiger partial charge in [-0.3, -0.25) is 4.57 Å². The maximum Gasteiger partial charge on any atom is 0.339 e. The number of hydrogen-bond donors (Lipinski definition) is 2. The van der Waals surface area contributed by atoms with Crippen LogP contribution in [0, 0.1) is 5.82 Å². The number of nitrogens with zero attached hydrogens (tertiary/aromatic N) is 5. The van der Waals surface area contributed by atoms with Crippen molar-refractivity contribution in [3.8, 4) is 5.69 Å². The van der Waals surface area contributed by atoms with E-state index in [9.17, 15) is 9.18 Å². The fraction of sp³-hybridized carbons (Fsp3) is 0.100. The van der Waals surface area contributed by atoms with E-state index in [1.807, 2.05) is 36.4 Å². The summed E-state index contributed by atoms with van der Waals surface area (Å²) in [5.41, 5.74) is 2.02. The third-order valence-electron chi connectivity index (χ3n) is 4.82. The van der Waals surface area contributed by atoms with Crippen LogP contribution in [0.5, 0.6) is 0 Å². The van der Waals surface area contributed by atoms with E-state index >= 15 is 0 Å². The van der Waals surface area contributed by atoms with Gasteiger partial charge in [0.05, 0.1) is 17.3 Å². The molecule has 0 radical (unpaired) electrons. The van der Waals surface area contributed by atoms with Crippen LogP contribution in [-0.2, 0) is 6.42 Å². The van der Waals surface area contributed by atoms with Crippen LogP contribution in [0.25, 0.3) is 22.4 Å². The second-order valence-corrected chi connectivity index (χ2v) is 7.01. The molecular formula is C20H15ClFN7O. The number of H-pyrrole nitrogens is 1. The van der Waals surface area contributed by atoms with E-state index in [4.69, 9.17) is 11.6 Å². The second kappa shape index (κ2) is 7.27. The molecule has 0 aliphatic heterocycles. The molecule has 10 heteroatoms. The molecule has 5 rings (SSSR count). The molecule has 30 heavy (non-hydrogen) atoms. The van der Waals surface area contributed by atoms with Gasteiger partial charge in [0, 0.05) is 30.9 Å². The first-order chi connectivity index (χ1) is 14.6. The third kappa shape index (κ3) is 3.00. The molecular weight excluding hydrogens is 409 g/mol. The van der Waals surface area contributed by atoms with Gasteiger partial charge in [-0.1, -0.05) is 29.8 Å². The van der Waals surface area contributed by atoms with E-state index in [1.54, 1.807) is 4.57 Å². The molecule has 1 aromatic carbocycles. The van der Waals surface area contributed by atoms with Gasteiger partial charge in [0.25, 0.3) is 0 Å². The van der Waals surface area contributed by atoms with Gasteiger partial charge < -0.3 is 10.3 Å². The molecule has 5 aromatic rings. The van der Waals surface area contributed by atoms with E-state index in [0.717, 1.165) is 5.69 Å². The minimum atomic E-state index is -0.428. The lowest BCUT2D eigenvalue weighted by Crippen LogP contribution is -2.29. The molecule has 0 bridgehead atoms. The lowest BCUT2D eigenvalue weighted by atomic mass is 10.2. The molecule has 0 spiro atoms. The Morgan fingerprint density at radius 1 is 1.17 bits per heavy atom. The molecule has 0 amide bonds. The third-order valence-corrected chi connectivity index (χ3v) is 5.09. The topological polar surface area (TPSA) is 92.9 Å². The highest BCUT2D eigenvalue weighted by atomic mass is 35.5. The molecule has 0 unspecified atom stereocenters. The first-order valence-corrected chi connectivity index (χ1v) is 9.56. The lowest BCUT2D eigenvalue weighted by molar-refractivity contribution is 0.639. The van der Waals surface area contributed by atoms with E-state index in [-0.39, 0.29) is 10.8 Å². The fourth-order valence-electron chi connectivity index (χ4n) is 3.48. The molecule has 2 N–H and O–H groups in total. The Bertz CT molecular complexity index is 1420. The van der Waals surface area contributed by atoms with Crippen molar-refractivity contribution in [2.45, 2.75) is 6.42 Å². The molecule has 0 fully saturated rings. The Morgan fingerprint density at radius 2 is 2.00 bits per heavy atom. The van der Waals surface area contributed by atoms with Crippen LogP contribution < -0.4 is 11.0 Å². The lowest BCUT2D eigenvalue weighted by Gasteiger charge is -2.14. The zero-order valence-corrected chi connectivity index (χ0v) is 16.3. The molecule has 0 aliphatic carbocycles. The van der Waals surface area contributed by atoms with Crippen LogP contribution in [0.3, 0.4) is 0 Å². The smallest absolute Gasteiger partial charge is 0.339 e. The van der Waals surface area contributed by atoms with Crippen molar-refractivity contribution in [3.05, 3.63) is 82.3 Å². The molecule has 8 nitrogen and oxygen atoms in total. The summed E-state index contributed by atoms with van der Waals surface area (Å²) in [6.07, 6.45) is 4.51. The minimum Gasteiger partial charge on any atom is -0.369 e. The van der Waals surface area contributed by atoms with Gasteiger partial charge >= 0.3 is 5.69 Å². The molecule has 4 aromatic heterocycles. The van der Waals surface area contributed by atoms with Gasteiger partial charge in [-0.2, -0.15) is 0 Å². The van der Waals surface area contributed by atoms with Gasteiger partial charge in [0.15, 0.2) is 5.82 Å². The number of imidazole rings is 1. The van der Waals surface area contributed by atoms with E-state index in [2.05, 4.69) is 25.3 Å². The predicted molar refractivity (Wildman–Crippen MR) is 112 cm³/mol. The van der Waals surface area contributed by atoms with E-state index in [0.29, 0.717) is 41.2 Å². The highest BCUT2D eigenvalue weighted by molar-refractivity contribution is 6.29. The number of anilines is 1. The summed E-state index contributed by atoms with van der Waals surface area (Å²) in [6, 6.07) is 11.1. The van der Waals surface area contributed by atoms with E-state index in [1.165, 1.54) is 23.1 Å². The summed E-state index contributed by atoms with van der Waals surface area (Å²) in [5.74, 6) is -0.0416. The number of aromatic nitrogens is 6. The summed E-state index contributed by atoms with van der Waals surface area (Å²) in [7, 11) is 0. The van der Waals surface area contributed by atoms with Gasteiger partial charge in [0.1, 0.15) is 28.6 Å². The van der Waals surface area contributed by atoms with Crippen molar-refractivity contribution < 1.29 is 4.39 Å². The van der Waals surface area contributed by atoms with Crippen LogP contribution in [0.2, 0.25) is 5.15 Å². The SMILES string of the molecule is O=c1n(-c2ccccc2)c(CCNc2ncnc3[nH]cc(F)c23)cc2ncc(Cl)n12. The summed E-state index contributed by atoms with van der Waals surface area (Å²) in [6.45, 7) is 0.410. The fourth-order valence-corrected chi connectivity index (χ4v) is 3.69. The van der Waals surface area contributed by atoms with E-state index < -0.39 is 5.82 Å². The molecule has 0 atom stereocenters. The van der Waals surface area contributed by atoms with Crippen molar-refractivity contribution in [1.29, 1.82) is 0 Å². The van der Waals surface area contributed by atoms with Crippen LogP contribution in [-0.4, -0.2) is 35.4 Å². The minimum absolute atomic E-state index is 0.246. The van der Waals surface area contributed by atoms with Crippen LogP contribution in [0.15, 0.2) is 59.9 Å². The molecule has 0 aliphatic rings. The number of aromatic amines is 1. The summed E-state index contributed by atoms with van der Waals surface area (Å²) in [5, 5.41) is 3.68. The van der Waals surface area contributed by atoms with Crippen LogP contribution >= 0.6 is 11.6 Å². The summed E-state index contributed by atoms with van der Waals surface area (Å²) < 4.78 is 17.0. The Hall–Kier alpha value is -3.72. The quantitative estimate of drug-likeness (QED) is 0.453. The van der Waals surface area contributed by atoms with Gasteiger partial charge in [-0.25, -0.2) is 28.5 Å². The number of rotatable bonds is 5. The average Bonchev–Trinajstić information content (AvgIpc) is 3.32. The Kier molecular flexibility index (Phi) is 4.44. The van der Waals surface area contributed by atoms with Crippen LogP contribution in [0.1, 0.15) is 5.69 Å². The highest BCUT2D eigenvalue weighted by Gasteiger charge is 2.15. The van der Waals surface area contributed by atoms with Crippen molar-refractivity contribution in [3.63, 3.8) is 0 Å². The monoisotopic (exact) mass is 423 g/mol. The standard InChI is InChI=1S/C20H15ClFN7O/c21-15-10-24-16-8-13(28(20(30)29(15)16)12-4-2-1-3-5-12)6-7-23-18-17-14(22)9-25-19(17)27-11-26-18/h1-5,8-11H,6-7H2,(H2,23,25,26,27). The molecule has 0 saturated heterocycles. The maximum absolute atomic E-state index is 14.1. The zero-order valence-electron chi connectivity index (χ0n) is 15.5. The molecule has 150 valence electrons. The van der Waals surface area contributed by atoms with Crippen molar-refractivity contribution in [1.82, 2.24) is 28.9 Å². The van der Waals surface area contributed by atoms with Crippen molar-refractivity contribution >= 4 is 34.1 Å². The summed E-state index contributed by atoms with van der Waals surface area (Å²) in [4.78, 5) is 28.3. The number of hydrogen-bond acceptors (Lipinski definition) is 5. The Morgan fingerprint density at radius 3 is 2.83 bits per heavy atom. The highest BCUT2D eigenvalue weighted by Crippen LogP contribution is 2.22. The Labute approximate surface area is 174 Å². The van der Waals surface area contributed by atoms with Crippen molar-refractivity contribution in [2.75, 3.05) is 11.9 Å². The average molecular weight is 424 g/mol. The molecule has 0 saturated carbocycles. The first-order valence-electron chi connectivity index (χ1n) is 9.18. The second-order valence-electron chi connectivity index (χ2n) is 6.62.